The van der Waals surface area contributed by atoms with Gasteiger partial charge in [-0.3, -0.25) is 4.79 Å². The molecule has 1 aromatic carbocycles. The lowest BCUT2D eigenvalue weighted by Gasteiger charge is -2.11. The van der Waals surface area contributed by atoms with Crippen LogP contribution >= 0.6 is 0 Å². The fraction of sp³-hybridized carbons (Fsp3) is 0.391. The zero-order chi connectivity index (χ0) is 20.8. The number of benzene rings is 1. The molecule has 0 unspecified atom stereocenters. The lowest BCUT2D eigenvalue weighted by molar-refractivity contribution is 0.0951. The molecule has 1 amide bonds. The molecule has 7 nitrogen and oxygen atoms in total. The predicted molar refractivity (Wildman–Crippen MR) is 116 cm³/mol. The van der Waals surface area contributed by atoms with Crippen molar-refractivity contribution in [3.63, 3.8) is 0 Å². The quantitative estimate of drug-likeness (QED) is 0.525. The molecule has 1 N–H and O–H groups in total. The summed E-state index contributed by atoms with van der Waals surface area (Å²) in [7, 11) is 0. The van der Waals surface area contributed by atoms with E-state index in [-0.39, 0.29) is 11.9 Å². The summed E-state index contributed by atoms with van der Waals surface area (Å²) in [6, 6.07) is 10.2. The highest BCUT2D eigenvalue weighted by Crippen LogP contribution is 2.40. The summed E-state index contributed by atoms with van der Waals surface area (Å²) in [6.45, 7) is 7.42. The molecule has 0 atom stereocenters. The molecule has 0 bridgehead atoms. The number of nitrogens with one attached hydrogen (secondary N) is 1. The Balaban J connectivity index is 1.48. The molecule has 0 saturated heterocycles. The molecule has 30 heavy (non-hydrogen) atoms. The molecule has 5 rings (SSSR count). The zero-order valence-electron chi connectivity index (χ0n) is 17.6. The molecule has 3 aromatic heterocycles. The van der Waals surface area contributed by atoms with Gasteiger partial charge >= 0.3 is 0 Å². The van der Waals surface area contributed by atoms with Crippen LogP contribution < -0.4 is 5.32 Å². The standard InChI is InChI=1S/C23H26N6O/c1-4-28-20-8-6-5-7-18(20)26-21(28)13-24-23(30)16-11-19(15-9-10-15)27-22-17(16)12-25-29(22)14(2)3/h5-8,11-12,14-15H,4,9-10,13H2,1-3H3,(H,24,30). The van der Waals surface area contributed by atoms with Crippen molar-refractivity contribution in [2.45, 2.75) is 58.7 Å². The van der Waals surface area contributed by atoms with Gasteiger partial charge in [0.25, 0.3) is 5.91 Å². The number of rotatable bonds is 6. The van der Waals surface area contributed by atoms with E-state index < -0.39 is 0 Å². The van der Waals surface area contributed by atoms with Gasteiger partial charge in [-0.2, -0.15) is 5.10 Å². The van der Waals surface area contributed by atoms with E-state index in [2.05, 4.69) is 41.8 Å². The first-order valence-electron chi connectivity index (χ1n) is 10.7. The van der Waals surface area contributed by atoms with Crippen molar-refractivity contribution in [2.75, 3.05) is 0 Å². The average Bonchev–Trinajstić information content (AvgIpc) is 3.40. The van der Waals surface area contributed by atoms with Crippen molar-refractivity contribution in [1.82, 2.24) is 29.6 Å². The molecule has 4 aromatic rings. The van der Waals surface area contributed by atoms with E-state index in [0.717, 1.165) is 53.0 Å². The van der Waals surface area contributed by atoms with Gasteiger partial charge in [-0.25, -0.2) is 14.6 Å². The molecule has 1 fully saturated rings. The van der Waals surface area contributed by atoms with Gasteiger partial charge in [-0.05, 0) is 51.8 Å². The number of nitrogens with zero attached hydrogens (tertiary/aromatic N) is 5. The number of hydrogen-bond donors (Lipinski definition) is 1. The highest BCUT2D eigenvalue weighted by molar-refractivity contribution is 6.05. The van der Waals surface area contributed by atoms with Crippen molar-refractivity contribution in [3.05, 3.63) is 53.6 Å². The summed E-state index contributed by atoms with van der Waals surface area (Å²) in [6.07, 6.45) is 4.03. The Bertz CT molecular complexity index is 1250. The summed E-state index contributed by atoms with van der Waals surface area (Å²) in [5.74, 6) is 1.21. The molecule has 3 heterocycles. The van der Waals surface area contributed by atoms with Crippen LogP contribution in [0.15, 0.2) is 36.5 Å². The molecule has 7 heteroatoms. The first kappa shape index (κ1) is 18.8. The second kappa shape index (κ2) is 7.23. The Hall–Kier alpha value is -3.22. The van der Waals surface area contributed by atoms with E-state index in [1.165, 1.54) is 0 Å². The number of amides is 1. The smallest absolute Gasteiger partial charge is 0.252 e. The minimum absolute atomic E-state index is 0.109. The van der Waals surface area contributed by atoms with Crippen LogP contribution in [0.3, 0.4) is 0 Å². The third-order valence-corrected chi connectivity index (χ3v) is 5.77. The van der Waals surface area contributed by atoms with Crippen molar-refractivity contribution < 1.29 is 4.79 Å². The molecule has 0 aliphatic heterocycles. The van der Waals surface area contributed by atoms with Crippen LogP contribution in [-0.4, -0.2) is 30.2 Å². The first-order chi connectivity index (χ1) is 14.6. The van der Waals surface area contributed by atoms with Gasteiger partial charge < -0.3 is 9.88 Å². The zero-order valence-corrected chi connectivity index (χ0v) is 17.6. The minimum atomic E-state index is -0.109. The van der Waals surface area contributed by atoms with Gasteiger partial charge in [0.2, 0.25) is 0 Å². The van der Waals surface area contributed by atoms with E-state index in [0.29, 0.717) is 18.0 Å². The fourth-order valence-corrected chi connectivity index (χ4v) is 4.06. The fourth-order valence-electron chi connectivity index (χ4n) is 4.06. The predicted octanol–water partition coefficient (Wildman–Crippen LogP) is 4.19. The van der Waals surface area contributed by atoms with Crippen LogP contribution in [0.1, 0.15) is 67.4 Å². The summed E-state index contributed by atoms with van der Waals surface area (Å²) in [5.41, 5.74) is 4.47. The summed E-state index contributed by atoms with van der Waals surface area (Å²) in [5, 5.41) is 8.37. The molecular weight excluding hydrogens is 376 g/mol. The largest absolute Gasteiger partial charge is 0.345 e. The Labute approximate surface area is 175 Å². The molecule has 1 saturated carbocycles. The van der Waals surface area contributed by atoms with Gasteiger partial charge in [0.05, 0.1) is 34.7 Å². The van der Waals surface area contributed by atoms with Crippen LogP contribution in [0.5, 0.6) is 0 Å². The maximum Gasteiger partial charge on any atom is 0.252 e. The maximum absolute atomic E-state index is 13.2. The molecule has 0 radical (unpaired) electrons. The highest BCUT2D eigenvalue weighted by atomic mass is 16.1. The number of pyridine rings is 1. The number of hydrogen-bond acceptors (Lipinski definition) is 4. The van der Waals surface area contributed by atoms with E-state index in [1.807, 2.05) is 28.9 Å². The third-order valence-electron chi connectivity index (χ3n) is 5.77. The van der Waals surface area contributed by atoms with Crippen LogP contribution in [0.2, 0.25) is 0 Å². The third kappa shape index (κ3) is 3.14. The van der Waals surface area contributed by atoms with Crippen LogP contribution in [0.25, 0.3) is 22.1 Å². The summed E-state index contributed by atoms with van der Waals surface area (Å²) < 4.78 is 4.04. The topological polar surface area (TPSA) is 77.6 Å². The minimum Gasteiger partial charge on any atom is -0.345 e. The number of aryl methyl sites for hydroxylation is 1. The molecular formula is C23H26N6O. The SMILES string of the molecule is CCn1c(CNC(=O)c2cc(C3CC3)nc3c2cnn3C(C)C)nc2ccccc21. The lowest BCUT2D eigenvalue weighted by Crippen LogP contribution is -2.25. The molecule has 1 aliphatic rings. The number of fused-ring (bicyclic) bond motifs is 2. The Morgan fingerprint density at radius 3 is 2.77 bits per heavy atom. The Morgan fingerprint density at radius 1 is 1.23 bits per heavy atom. The lowest BCUT2D eigenvalue weighted by atomic mass is 10.1. The maximum atomic E-state index is 13.2. The second-order valence-electron chi connectivity index (χ2n) is 8.23. The van der Waals surface area contributed by atoms with Gasteiger partial charge in [0, 0.05) is 24.2 Å². The van der Waals surface area contributed by atoms with Crippen LogP contribution in [-0.2, 0) is 13.1 Å². The van der Waals surface area contributed by atoms with Crippen LogP contribution in [0.4, 0.5) is 0 Å². The van der Waals surface area contributed by atoms with E-state index in [9.17, 15) is 4.79 Å². The summed E-state index contributed by atoms with van der Waals surface area (Å²) >= 11 is 0. The molecule has 154 valence electrons. The van der Waals surface area contributed by atoms with Gasteiger partial charge in [-0.15, -0.1) is 0 Å². The number of imidazole rings is 1. The summed E-state index contributed by atoms with van der Waals surface area (Å²) in [4.78, 5) is 22.8. The van der Waals surface area contributed by atoms with E-state index >= 15 is 0 Å². The normalized spacial score (nSPS) is 14.1. The number of para-hydroxylation sites is 2. The number of carbonyl (C=O) groups is 1. The van der Waals surface area contributed by atoms with Crippen molar-refractivity contribution >= 4 is 28.0 Å². The van der Waals surface area contributed by atoms with Gasteiger partial charge in [0.1, 0.15) is 5.82 Å². The monoisotopic (exact) mass is 402 g/mol. The Morgan fingerprint density at radius 2 is 2.03 bits per heavy atom. The Kier molecular flexibility index (Phi) is 4.53. The number of aromatic nitrogens is 5. The van der Waals surface area contributed by atoms with E-state index in [1.54, 1.807) is 6.20 Å². The van der Waals surface area contributed by atoms with Crippen molar-refractivity contribution in [2.24, 2.45) is 0 Å². The molecule has 1 aliphatic carbocycles. The van der Waals surface area contributed by atoms with Crippen molar-refractivity contribution in [3.8, 4) is 0 Å². The average molecular weight is 403 g/mol. The highest BCUT2D eigenvalue weighted by Gasteiger charge is 2.28. The van der Waals surface area contributed by atoms with Gasteiger partial charge in [0.15, 0.2) is 5.65 Å². The number of carbonyl (C=O) groups excluding carboxylic acids is 1. The van der Waals surface area contributed by atoms with Crippen LogP contribution in [0, 0.1) is 0 Å². The second-order valence-corrected chi connectivity index (χ2v) is 8.23. The van der Waals surface area contributed by atoms with E-state index in [4.69, 9.17) is 9.97 Å². The molecule has 0 spiro atoms. The van der Waals surface area contributed by atoms with Crippen molar-refractivity contribution in [1.29, 1.82) is 0 Å². The first-order valence-corrected chi connectivity index (χ1v) is 10.7. The van der Waals surface area contributed by atoms with Gasteiger partial charge in [-0.1, -0.05) is 12.1 Å².